The monoisotopic (exact) mass is 462 g/mol. The van der Waals surface area contributed by atoms with Crippen LogP contribution in [0, 0.1) is 17.8 Å². The van der Waals surface area contributed by atoms with Gasteiger partial charge in [-0.3, -0.25) is 4.79 Å². The number of aliphatic carboxylic acids is 1. The van der Waals surface area contributed by atoms with E-state index in [0.29, 0.717) is 31.0 Å². The molecule has 1 heterocycles. The van der Waals surface area contributed by atoms with Gasteiger partial charge in [0.05, 0.1) is 23.7 Å². The van der Waals surface area contributed by atoms with Gasteiger partial charge in [-0.25, -0.2) is 4.79 Å². The molecule has 3 rings (SSSR count). The molecule has 0 bridgehead atoms. The van der Waals surface area contributed by atoms with Crippen molar-refractivity contribution in [3.05, 3.63) is 46.1 Å². The Bertz CT molecular complexity index is 915. The van der Waals surface area contributed by atoms with Crippen LogP contribution >= 0.6 is 11.6 Å². The molecular weight excluding hydrogens is 428 g/mol. The fourth-order valence-corrected chi connectivity index (χ4v) is 4.68. The highest BCUT2D eigenvalue weighted by atomic mass is 35.5. The van der Waals surface area contributed by atoms with E-state index in [1.165, 1.54) is 0 Å². The van der Waals surface area contributed by atoms with Crippen LogP contribution < -0.4 is 5.32 Å². The van der Waals surface area contributed by atoms with Gasteiger partial charge in [0.15, 0.2) is 0 Å². The summed E-state index contributed by atoms with van der Waals surface area (Å²) in [5, 5.41) is 12.9. The van der Waals surface area contributed by atoms with Gasteiger partial charge >= 0.3 is 12.0 Å². The van der Waals surface area contributed by atoms with Crippen LogP contribution in [-0.2, 0) is 21.7 Å². The lowest BCUT2D eigenvalue weighted by Gasteiger charge is -2.44. The first kappa shape index (κ1) is 24.6. The van der Waals surface area contributed by atoms with Crippen LogP contribution in [0.5, 0.6) is 0 Å². The maximum Gasteiger partial charge on any atom is 0.322 e. The molecule has 2 amide bonds. The summed E-state index contributed by atoms with van der Waals surface area (Å²) in [6, 6.07) is 5.71. The Balaban J connectivity index is 1.82. The van der Waals surface area contributed by atoms with Crippen molar-refractivity contribution in [3.8, 4) is 0 Å². The predicted octanol–water partition coefficient (Wildman–Crippen LogP) is 5.55. The number of halogens is 1. The average Bonchev–Trinajstić information content (AvgIpc) is 2.63. The third kappa shape index (κ3) is 5.29. The van der Waals surface area contributed by atoms with Gasteiger partial charge in [0, 0.05) is 17.8 Å². The SMILES string of the molecule is CC(C)C1=CN(CC2CC(C(=O)O)C2)C(=O)N[C@@]1(C)c1ccc(COC(C)(C)C)c(Cl)c1. The molecule has 0 radical (unpaired) electrons. The first-order valence-corrected chi connectivity index (χ1v) is 11.6. The van der Waals surface area contributed by atoms with Crippen molar-refractivity contribution in [2.24, 2.45) is 17.8 Å². The molecule has 1 atom stereocenters. The zero-order valence-electron chi connectivity index (χ0n) is 19.9. The molecule has 32 heavy (non-hydrogen) atoms. The van der Waals surface area contributed by atoms with Crippen molar-refractivity contribution in [3.63, 3.8) is 0 Å². The van der Waals surface area contributed by atoms with Gasteiger partial charge in [-0.05, 0) is 75.1 Å². The minimum Gasteiger partial charge on any atom is -0.481 e. The van der Waals surface area contributed by atoms with Crippen LogP contribution in [-0.4, -0.2) is 34.2 Å². The number of carbonyl (C=O) groups excluding carboxylic acids is 1. The number of carboxylic acid groups (broad SMARTS) is 1. The molecule has 6 nitrogen and oxygen atoms in total. The Morgan fingerprint density at radius 3 is 2.53 bits per heavy atom. The number of carboxylic acids is 1. The molecule has 176 valence electrons. The average molecular weight is 463 g/mol. The van der Waals surface area contributed by atoms with Crippen molar-refractivity contribution < 1.29 is 19.4 Å². The maximum atomic E-state index is 13.0. The summed E-state index contributed by atoms with van der Waals surface area (Å²) in [6.07, 6.45) is 3.19. The number of benzene rings is 1. The van der Waals surface area contributed by atoms with Crippen LogP contribution in [0.4, 0.5) is 4.79 Å². The first-order chi connectivity index (χ1) is 14.8. The van der Waals surface area contributed by atoms with E-state index in [0.717, 1.165) is 16.7 Å². The van der Waals surface area contributed by atoms with E-state index in [9.17, 15) is 9.59 Å². The minimum absolute atomic E-state index is 0.174. The number of urea groups is 1. The smallest absolute Gasteiger partial charge is 0.322 e. The molecule has 1 aliphatic heterocycles. The largest absolute Gasteiger partial charge is 0.481 e. The second-order valence-corrected chi connectivity index (χ2v) is 10.9. The number of ether oxygens (including phenoxy) is 1. The quantitative estimate of drug-likeness (QED) is 0.557. The van der Waals surface area contributed by atoms with E-state index < -0.39 is 11.5 Å². The summed E-state index contributed by atoms with van der Waals surface area (Å²) in [5.74, 6) is -0.621. The van der Waals surface area contributed by atoms with Crippen LogP contribution in [0.15, 0.2) is 30.0 Å². The van der Waals surface area contributed by atoms with Crippen molar-refractivity contribution in [1.82, 2.24) is 10.2 Å². The van der Waals surface area contributed by atoms with Gasteiger partial charge in [0.1, 0.15) is 0 Å². The highest BCUT2D eigenvalue weighted by Gasteiger charge is 2.42. The van der Waals surface area contributed by atoms with Gasteiger partial charge in [0.2, 0.25) is 0 Å². The van der Waals surface area contributed by atoms with E-state index >= 15 is 0 Å². The number of hydrogen-bond donors (Lipinski definition) is 2. The number of nitrogens with one attached hydrogen (secondary N) is 1. The molecule has 0 aromatic heterocycles. The lowest BCUT2D eigenvalue weighted by Crippen LogP contribution is -2.56. The molecule has 2 N–H and O–H groups in total. The van der Waals surface area contributed by atoms with Crippen LogP contribution in [0.3, 0.4) is 0 Å². The summed E-state index contributed by atoms with van der Waals surface area (Å²) < 4.78 is 5.86. The molecule has 0 spiro atoms. The number of rotatable bonds is 7. The summed E-state index contributed by atoms with van der Waals surface area (Å²) in [5.41, 5.74) is 1.97. The van der Waals surface area contributed by atoms with Crippen LogP contribution in [0.25, 0.3) is 0 Å². The molecule has 1 fully saturated rings. The number of amides is 2. The molecule has 1 aromatic rings. The van der Waals surface area contributed by atoms with Gasteiger partial charge in [-0.15, -0.1) is 0 Å². The van der Waals surface area contributed by atoms with Gasteiger partial charge < -0.3 is 20.1 Å². The number of carbonyl (C=O) groups is 2. The van der Waals surface area contributed by atoms with Gasteiger partial charge in [0.25, 0.3) is 0 Å². The van der Waals surface area contributed by atoms with E-state index in [1.54, 1.807) is 4.90 Å². The van der Waals surface area contributed by atoms with E-state index in [-0.39, 0.29) is 29.4 Å². The summed E-state index contributed by atoms with van der Waals surface area (Å²) in [6.45, 7) is 13.2. The van der Waals surface area contributed by atoms with Crippen LogP contribution in [0.2, 0.25) is 5.02 Å². The normalized spacial score (nSPS) is 25.9. The Kier molecular flexibility index (Phi) is 6.97. The predicted molar refractivity (Wildman–Crippen MR) is 125 cm³/mol. The Morgan fingerprint density at radius 2 is 2.00 bits per heavy atom. The summed E-state index contributed by atoms with van der Waals surface area (Å²) in [7, 11) is 0. The van der Waals surface area contributed by atoms with Crippen molar-refractivity contribution in [2.45, 2.75) is 72.1 Å². The fraction of sp³-hybridized carbons (Fsp3) is 0.600. The zero-order valence-corrected chi connectivity index (χ0v) is 20.6. The molecule has 2 aliphatic rings. The zero-order chi connectivity index (χ0) is 23.8. The molecule has 0 saturated heterocycles. The van der Waals surface area contributed by atoms with Gasteiger partial charge in [-0.1, -0.05) is 37.6 Å². The first-order valence-electron chi connectivity index (χ1n) is 11.3. The van der Waals surface area contributed by atoms with Gasteiger partial charge in [-0.2, -0.15) is 0 Å². The highest BCUT2D eigenvalue weighted by Crippen LogP contribution is 2.40. The van der Waals surface area contributed by atoms with Crippen molar-refractivity contribution >= 4 is 23.6 Å². The van der Waals surface area contributed by atoms with E-state index in [4.69, 9.17) is 21.4 Å². The third-order valence-electron chi connectivity index (χ3n) is 6.44. The standard InChI is InChI=1S/C25H35ClN2O4/c1-15(2)20-13-28(12-16-9-18(10-16)22(29)30)23(31)27-25(20,6)19-8-7-17(21(26)11-19)14-32-24(3,4)5/h7-8,11,13,15-16,18H,9-10,12,14H2,1-6H3,(H,27,31)(H,29,30)/t16?,18?,25-/m0/s1. The molecule has 0 unspecified atom stereocenters. The Labute approximate surface area is 196 Å². The summed E-state index contributed by atoms with van der Waals surface area (Å²) in [4.78, 5) is 25.8. The molecule has 1 aliphatic carbocycles. The number of nitrogens with zero attached hydrogens (tertiary/aromatic N) is 1. The highest BCUT2D eigenvalue weighted by molar-refractivity contribution is 6.31. The summed E-state index contributed by atoms with van der Waals surface area (Å²) >= 11 is 6.60. The molecule has 1 aromatic carbocycles. The second kappa shape index (κ2) is 9.06. The fourth-order valence-electron chi connectivity index (χ4n) is 4.45. The maximum absolute atomic E-state index is 13.0. The molecule has 1 saturated carbocycles. The molecule has 7 heteroatoms. The third-order valence-corrected chi connectivity index (χ3v) is 6.79. The lowest BCUT2D eigenvalue weighted by molar-refractivity contribution is -0.146. The lowest BCUT2D eigenvalue weighted by atomic mass is 9.74. The van der Waals surface area contributed by atoms with Crippen molar-refractivity contribution in [1.29, 1.82) is 0 Å². The topological polar surface area (TPSA) is 78.9 Å². The second-order valence-electron chi connectivity index (χ2n) is 10.5. The van der Waals surface area contributed by atoms with Crippen molar-refractivity contribution in [2.75, 3.05) is 6.54 Å². The van der Waals surface area contributed by atoms with Crippen LogP contribution in [0.1, 0.15) is 65.5 Å². The van der Waals surface area contributed by atoms with E-state index in [1.807, 2.05) is 52.1 Å². The minimum atomic E-state index is -0.747. The van der Waals surface area contributed by atoms with E-state index in [2.05, 4.69) is 19.2 Å². The Hall–Kier alpha value is -2.05. The number of hydrogen-bond acceptors (Lipinski definition) is 3. The molecular formula is C25H35ClN2O4. The Morgan fingerprint density at radius 1 is 1.34 bits per heavy atom.